The first-order valence-corrected chi connectivity index (χ1v) is 10.4. The second-order valence-corrected chi connectivity index (χ2v) is 7.99. The van der Waals surface area contributed by atoms with E-state index in [1.165, 1.54) is 4.90 Å². The summed E-state index contributed by atoms with van der Waals surface area (Å²) in [7, 11) is 5.77. The Kier molecular flexibility index (Phi) is 7.36. The van der Waals surface area contributed by atoms with Gasteiger partial charge >= 0.3 is 6.03 Å². The number of aromatic nitrogens is 3. The van der Waals surface area contributed by atoms with Crippen LogP contribution in [0.3, 0.4) is 0 Å². The monoisotopic (exact) mass is 422 g/mol. The van der Waals surface area contributed by atoms with Crippen LogP contribution in [0.5, 0.6) is 5.88 Å². The molecule has 3 aromatic rings. The van der Waals surface area contributed by atoms with Gasteiger partial charge in [0.15, 0.2) is 5.82 Å². The van der Waals surface area contributed by atoms with Gasteiger partial charge in [0.1, 0.15) is 0 Å². The van der Waals surface area contributed by atoms with E-state index in [4.69, 9.17) is 4.74 Å². The zero-order chi connectivity index (χ0) is 22.4. The third-order valence-electron chi connectivity index (χ3n) is 4.66. The first-order valence-electron chi connectivity index (χ1n) is 10.4. The third kappa shape index (κ3) is 6.11. The second-order valence-electron chi connectivity index (χ2n) is 7.99. The number of hydrogen-bond donors (Lipinski definition) is 1. The molecule has 2 aromatic heterocycles. The largest absolute Gasteiger partial charge is 0.478 e. The lowest BCUT2D eigenvalue weighted by Gasteiger charge is -2.18. The van der Waals surface area contributed by atoms with Gasteiger partial charge < -0.3 is 15.0 Å². The summed E-state index contributed by atoms with van der Waals surface area (Å²) in [4.78, 5) is 29.3. The lowest BCUT2D eigenvalue weighted by Crippen LogP contribution is -2.41. The third-order valence-corrected chi connectivity index (χ3v) is 4.66. The molecule has 0 aliphatic carbocycles. The van der Waals surface area contributed by atoms with E-state index in [-0.39, 0.29) is 12.1 Å². The minimum absolute atomic E-state index is 0.0439. The minimum Gasteiger partial charge on any atom is -0.478 e. The highest BCUT2D eigenvalue weighted by Gasteiger charge is 2.14. The van der Waals surface area contributed by atoms with E-state index < -0.39 is 0 Å². The SMILES string of the molecule is CC(C)NC(=O)N(C)c1cnc2ccc(-c3ccc(OCCCN(C)C)nc3)cc2n1. The van der Waals surface area contributed by atoms with E-state index in [1.807, 2.05) is 58.3 Å². The van der Waals surface area contributed by atoms with Crippen molar-refractivity contribution in [2.24, 2.45) is 0 Å². The van der Waals surface area contributed by atoms with Crippen LogP contribution in [0, 0.1) is 0 Å². The molecular formula is C23H30N6O2. The van der Waals surface area contributed by atoms with E-state index in [0.29, 0.717) is 23.8 Å². The zero-order valence-corrected chi connectivity index (χ0v) is 18.8. The molecule has 0 atom stereocenters. The Bertz CT molecular complexity index is 1020. The lowest BCUT2D eigenvalue weighted by atomic mass is 10.1. The summed E-state index contributed by atoms with van der Waals surface area (Å²) in [6.45, 7) is 5.44. The van der Waals surface area contributed by atoms with Crippen molar-refractivity contribution in [1.82, 2.24) is 25.2 Å². The van der Waals surface area contributed by atoms with Gasteiger partial charge in [0, 0.05) is 37.5 Å². The number of ether oxygens (including phenoxy) is 1. The molecule has 31 heavy (non-hydrogen) atoms. The highest BCUT2D eigenvalue weighted by atomic mass is 16.5. The lowest BCUT2D eigenvalue weighted by molar-refractivity contribution is 0.245. The Morgan fingerprint density at radius 3 is 2.48 bits per heavy atom. The quantitative estimate of drug-likeness (QED) is 0.559. The molecule has 2 heterocycles. The number of anilines is 1. The number of fused-ring (bicyclic) bond motifs is 1. The van der Waals surface area contributed by atoms with E-state index in [2.05, 4.69) is 25.2 Å². The number of hydrogen-bond acceptors (Lipinski definition) is 6. The maximum absolute atomic E-state index is 12.3. The van der Waals surface area contributed by atoms with Crippen molar-refractivity contribution in [1.29, 1.82) is 0 Å². The molecular weight excluding hydrogens is 392 g/mol. The van der Waals surface area contributed by atoms with Gasteiger partial charge in [-0.2, -0.15) is 0 Å². The first-order chi connectivity index (χ1) is 14.8. The van der Waals surface area contributed by atoms with Gasteiger partial charge in [-0.05, 0) is 58.1 Å². The highest BCUT2D eigenvalue weighted by Crippen LogP contribution is 2.24. The Labute approximate surface area is 183 Å². The van der Waals surface area contributed by atoms with E-state index in [1.54, 1.807) is 19.4 Å². The van der Waals surface area contributed by atoms with Gasteiger partial charge in [-0.3, -0.25) is 9.88 Å². The van der Waals surface area contributed by atoms with Crippen molar-refractivity contribution in [2.75, 3.05) is 39.2 Å². The van der Waals surface area contributed by atoms with Crippen LogP contribution in [-0.2, 0) is 0 Å². The van der Waals surface area contributed by atoms with Crippen LogP contribution in [0.2, 0.25) is 0 Å². The summed E-state index contributed by atoms with van der Waals surface area (Å²) in [5.41, 5.74) is 3.41. The number of carbonyl (C=O) groups excluding carboxylic acids is 1. The summed E-state index contributed by atoms with van der Waals surface area (Å²) < 4.78 is 5.71. The van der Waals surface area contributed by atoms with Crippen LogP contribution in [0.15, 0.2) is 42.7 Å². The maximum Gasteiger partial charge on any atom is 0.323 e. The number of pyridine rings is 1. The fourth-order valence-corrected chi connectivity index (χ4v) is 2.98. The Balaban J connectivity index is 1.74. The maximum atomic E-state index is 12.3. The Morgan fingerprint density at radius 2 is 1.81 bits per heavy atom. The molecule has 0 unspecified atom stereocenters. The van der Waals surface area contributed by atoms with Gasteiger partial charge in [0.2, 0.25) is 5.88 Å². The van der Waals surface area contributed by atoms with Crippen LogP contribution >= 0.6 is 0 Å². The van der Waals surface area contributed by atoms with Crippen molar-refractivity contribution >= 4 is 22.9 Å². The van der Waals surface area contributed by atoms with E-state index in [0.717, 1.165) is 29.6 Å². The van der Waals surface area contributed by atoms with Crippen LogP contribution in [0.4, 0.5) is 10.6 Å². The fourth-order valence-electron chi connectivity index (χ4n) is 2.98. The summed E-state index contributed by atoms with van der Waals surface area (Å²) in [6, 6.07) is 9.54. The molecule has 1 aromatic carbocycles. The molecule has 3 rings (SSSR count). The molecule has 8 nitrogen and oxygen atoms in total. The molecule has 0 aliphatic heterocycles. The van der Waals surface area contributed by atoms with Crippen LogP contribution < -0.4 is 15.0 Å². The standard InChI is InChI=1S/C23H30N6O2/c1-16(2)26-23(30)29(5)21-15-24-19-9-7-17(13-20(19)27-21)18-8-10-22(25-14-18)31-12-6-11-28(3)4/h7-10,13-16H,6,11-12H2,1-5H3,(H,26,30). The molecule has 0 bridgehead atoms. The Hall–Kier alpha value is -3.26. The summed E-state index contributed by atoms with van der Waals surface area (Å²) in [5.74, 6) is 1.10. The first kappa shape index (κ1) is 22.4. The molecule has 0 spiro atoms. The number of nitrogens with zero attached hydrogens (tertiary/aromatic N) is 5. The summed E-state index contributed by atoms with van der Waals surface area (Å²) in [5, 5.41) is 2.85. The minimum atomic E-state index is -0.217. The van der Waals surface area contributed by atoms with Crippen LogP contribution in [0.25, 0.3) is 22.2 Å². The molecule has 164 valence electrons. The second kappa shape index (κ2) is 10.2. The Morgan fingerprint density at radius 1 is 1.03 bits per heavy atom. The predicted molar refractivity (Wildman–Crippen MR) is 124 cm³/mol. The summed E-state index contributed by atoms with van der Waals surface area (Å²) >= 11 is 0. The highest BCUT2D eigenvalue weighted by molar-refractivity contribution is 5.91. The van der Waals surface area contributed by atoms with Crippen LogP contribution in [0.1, 0.15) is 20.3 Å². The van der Waals surface area contributed by atoms with Crippen molar-refractivity contribution in [3.8, 4) is 17.0 Å². The molecule has 0 radical (unpaired) electrons. The average Bonchev–Trinajstić information content (AvgIpc) is 2.75. The molecule has 1 N–H and O–H groups in total. The number of amides is 2. The van der Waals surface area contributed by atoms with E-state index in [9.17, 15) is 4.79 Å². The number of rotatable bonds is 8. The molecule has 2 amide bonds. The fraction of sp³-hybridized carbons (Fsp3) is 0.391. The van der Waals surface area contributed by atoms with Gasteiger partial charge in [0.05, 0.1) is 23.8 Å². The van der Waals surface area contributed by atoms with Gasteiger partial charge in [-0.15, -0.1) is 0 Å². The molecule has 0 aliphatic rings. The van der Waals surface area contributed by atoms with Crippen LogP contribution in [-0.4, -0.2) is 66.2 Å². The predicted octanol–water partition coefficient (Wildman–Crippen LogP) is 3.58. The van der Waals surface area contributed by atoms with Gasteiger partial charge in [0.25, 0.3) is 0 Å². The van der Waals surface area contributed by atoms with Crippen molar-refractivity contribution < 1.29 is 9.53 Å². The van der Waals surface area contributed by atoms with Crippen molar-refractivity contribution in [3.05, 3.63) is 42.7 Å². The summed E-state index contributed by atoms with van der Waals surface area (Å²) in [6.07, 6.45) is 4.35. The number of urea groups is 1. The van der Waals surface area contributed by atoms with Crippen molar-refractivity contribution in [3.63, 3.8) is 0 Å². The van der Waals surface area contributed by atoms with E-state index >= 15 is 0 Å². The average molecular weight is 423 g/mol. The molecule has 0 fully saturated rings. The zero-order valence-electron chi connectivity index (χ0n) is 18.8. The van der Waals surface area contributed by atoms with Crippen molar-refractivity contribution in [2.45, 2.75) is 26.3 Å². The molecule has 0 saturated carbocycles. The smallest absolute Gasteiger partial charge is 0.323 e. The topological polar surface area (TPSA) is 83.5 Å². The number of nitrogens with one attached hydrogen (secondary N) is 1. The molecule has 0 saturated heterocycles. The normalized spacial score (nSPS) is 11.2. The number of carbonyl (C=O) groups is 1. The molecule has 8 heteroatoms. The van der Waals surface area contributed by atoms with Gasteiger partial charge in [-0.25, -0.2) is 14.8 Å². The van der Waals surface area contributed by atoms with Gasteiger partial charge in [-0.1, -0.05) is 6.07 Å². The number of benzene rings is 1.